The number of nitriles is 1. The summed E-state index contributed by atoms with van der Waals surface area (Å²) in [5.41, 5.74) is 1.14. The lowest BCUT2D eigenvalue weighted by atomic mass is 10.1. The molecule has 1 heterocycles. The summed E-state index contributed by atoms with van der Waals surface area (Å²) < 4.78 is 25.6. The molecule has 4 nitrogen and oxygen atoms in total. The van der Waals surface area contributed by atoms with Crippen molar-refractivity contribution in [2.45, 2.75) is 10.7 Å². The average molecular weight is 422 g/mol. The van der Waals surface area contributed by atoms with Gasteiger partial charge in [-0.1, -0.05) is 46.8 Å². The van der Waals surface area contributed by atoms with Gasteiger partial charge in [-0.3, -0.25) is 10.1 Å². The minimum atomic E-state index is -2.51. The molecule has 0 bridgehead atoms. The molecule has 0 aliphatic carbocycles. The van der Waals surface area contributed by atoms with Crippen LogP contribution in [0.5, 0.6) is 0 Å². The topological polar surface area (TPSA) is 65.8 Å². The van der Waals surface area contributed by atoms with E-state index in [1.54, 1.807) is 42.5 Å². The number of carbonyl (C=O) groups excluding carboxylic acids is 1. The van der Waals surface area contributed by atoms with Crippen LogP contribution < -0.4 is 5.32 Å². The molecule has 0 saturated carbocycles. The van der Waals surface area contributed by atoms with Gasteiger partial charge in [-0.25, -0.2) is 4.98 Å². The molecule has 9 heteroatoms. The Morgan fingerprint density at radius 2 is 2.04 bits per heavy atom. The number of nitrogens with one attached hydrogen (secondary N) is 1. The minimum Gasteiger partial charge on any atom is -0.297 e. The molecule has 3 rings (SSSR count). The maximum Gasteiger partial charge on any atom is 0.288 e. The zero-order valence-corrected chi connectivity index (χ0v) is 15.8. The first kappa shape index (κ1) is 19.3. The number of benzene rings is 2. The molecule has 0 spiro atoms. The lowest BCUT2D eigenvalue weighted by Gasteiger charge is -2.00. The number of alkyl halides is 2. The Labute approximate surface area is 166 Å². The van der Waals surface area contributed by atoms with Crippen molar-refractivity contribution in [1.82, 2.24) is 4.98 Å². The van der Waals surface area contributed by atoms with Crippen LogP contribution in [0.4, 0.5) is 13.9 Å². The van der Waals surface area contributed by atoms with Crippen molar-refractivity contribution in [2.75, 3.05) is 5.32 Å². The summed E-state index contributed by atoms with van der Waals surface area (Å²) in [7, 11) is 0. The van der Waals surface area contributed by atoms with Crippen molar-refractivity contribution >= 4 is 62.0 Å². The van der Waals surface area contributed by atoms with Gasteiger partial charge in [0.25, 0.3) is 11.7 Å². The number of thioether (sulfide) groups is 1. The second-order valence-electron chi connectivity index (χ2n) is 5.20. The molecule has 1 aromatic heterocycles. The predicted octanol–water partition coefficient (Wildman–Crippen LogP) is 5.81. The molecular formula is C18H10ClF2N3OS2. The van der Waals surface area contributed by atoms with Crippen LogP contribution >= 0.6 is 34.7 Å². The van der Waals surface area contributed by atoms with Crippen LogP contribution in [0.2, 0.25) is 5.02 Å². The van der Waals surface area contributed by atoms with Crippen LogP contribution in [0.25, 0.3) is 16.3 Å². The van der Waals surface area contributed by atoms with Crippen LogP contribution in [-0.2, 0) is 4.79 Å². The van der Waals surface area contributed by atoms with Crippen LogP contribution in [0.15, 0.2) is 52.9 Å². The molecule has 2 aromatic carbocycles. The van der Waals surface area contributed by atoms with Gasteiger partial charge in [0.2, 0.25) is 0 Å². The number of amides is 1. The minimum absolute atomic E-state index is 0.0921. The number of anilines is 1. The third kappa shape index (κ3) is 5.04. The number of aromatic nitrogens is 1. The Balaban J connectivity index is 1.79. The summed E-state index contributed by atoms with van der Waals surface area (Å²) in [6.45, 7) is 0. The molecule has 0 fully saturated rings. The highest BCUT2D eigenvalue weighted by molar-refractivity contribution is 7.99. The van der Waals surface area contributed by atoms with Gasteiger partial charge in [0.1, 0.15) is 11.6 Å². The van der Waals surface area contributed by atoms with Crippen LogP contribution in [-0.4, -0.2) is 16.6 Å². The summed E-state index contributed by atoms with van der Waals surface area (Å²) in [4.78, 5) is 17.0. The van der Waals surface area contributed by atoms with Crippen molar-refractivity contribution in [3.63, 3.8) is 0 Å². The van der Waals surface area contributed by atoms with Crippen LogP contribution in [0, 0.1) is 11.3 Å². The van der Waals surface area contributed by atoms with Gasteiger partial charge in [-0.15, -0.1) is 0 Å². The van der Waals surface area contributed by atoms with E-state index in [9.17, 15) is 18.8 Å². The second kappa shape index (κ2) is 8.48. The Hall–Kier alpha value is -2.47. The van der Waals surface area contributed by atoms with Gasteiger partial charge >= 0.3 is 0 Å². The molecule has 0 atom stereocenters. The number of nitrogens with zero attached hydrogens (tertiary/aromatic N) is 2. The van der Waals surface area contributed by atoms with E-state index in [1.807, 2.05) is 6.07 Å². The molecule has 27 heavy (non-hydrogen) atoms. The SMILES string of the molecule is N#C/C(=C/c1ccc(Cl)cc1)C(=O)Nc1nc2ccc(SC(F)F)cc2s1. The first-order chi connectivity index (χ1) is 12.9. The third-order valence-corrected chi connectivity index (χ3v) is 5.24. The number of hydrogen-bond acceptors (Lipinski definition) is 5. The molecule has 1 N–H and O–H groups in total. The second-order valence-corrected chi connectivity index (χ2v) is 7.73. The number of halogens is 3. The maximum absolute atomic E-state index is 12.5. The highest BCUT2D eigenvalue weighted by Crippen LogP contribution is 2.32. The van der Waals surface area contributed by atoms with E-state index in [0.29, 0.717) is 37.5 Å². The summed E-state index contributed by atoms with van der Waals surface area (Å²) in [5.74, 6) is -3.11. The number of carbonyl (C=O) groups is 1. The van der Waals surface area contributed by atoms with Gasteiger partial charge in [0, 0.05) is 9.92 Å². The summed E-state index contributed by atoms with van der Waals surface area (Å²) in [6, 6.07) is 13.3. The smallest absolute Gasteiger partial charge is 0.288 e. The van der Waals surface area contributed by atoms with Crippen LogP contribution in [0.1, 0.15) is 5.56 Å². The molecule has 0 aliphatic heterocycles. The van der Waals surface area contributed by atoms with Gasteiger partial charge in [-0.2, -0.15) is 14.0 Å². The Morgan fingerprint density at radius 1 is 1.30 bits per heavy atom. The number of hydrogen-bond donors (Lipinski definition) is 1. The standard InChI is InChI=1S/C18H10ClF2N3OS2/c19-12-3-1-10(2-4-12)7-11(9-22)16(25)24-18-23-14-6-5-13(26-17(20)21)8-15(14)27-18/h1-8,17H,(H,23,24,25)/b11-7-. The average Bonchev–Trinajstić information content (AvgIpc) is 3.02. The number of fused-ring (bicyclic) bond motifs is 1. The van der Waals surface area contributed by atoms with E-state index < -0.39 is 11.7 Å². The fourth-order valence-corrected chi connectivity index (χ4v) is 3.81. The van der Waals surface area contributed by atoms with Gasteiger partial charge in [-0.05, 0) is 42.0 Å². The molecular weight excluding hydrogens is 412 g/mol. The van der Waals surface area contributed by atoms with Gasteiger partial charge in [0.15, 0.2) is 5.13 Å². The van der Waals surface area contributed by atoms with E-state index in [4.69, 9.17) is 11.6 Å². The Kier molecular flexibility index (Phi) is 6.06. The highest BCUT2D eigenvalue weighted by atomic mass is 35.5. The normalized spacial score (nSPS) is 11.6. The monoisotopic (exact) mass is 421 g/mol. The molecule has 0 aliphatic rings. The van der Waals surface area contributed by atoms with E-state index in [-0.39, 0.29) is 10.7 Å². The van der Waals surface area contributed by atoms with Gasteiger partial charge in [0.05, 0.1) is 10.2 Å². The quantitative estimate of drug-likeness (QED) is 0.320. The predicted molar refractivity (Wildman–Crippen MR) is 105 cm³/mol. The highest BCUT2D eigenvalue weighted by Gasteiger charge is 2.14. The summed E-state index contributed by atoms with van der Waals surface area (Å²) in [6.07, 6.45) is 1.44. The van der Waals surface area contributed by atoms with E-state index in [2.05, 4.69) is 10.3 Å². The van der Waals surface area contributed by atoms with Crippen molar-refractivity contribution < 1.29 is 13.6 Å². The first-order valence-electron chi connectivity index (χ1n) is 7.49. The lowest BCUT2D eigenvalue weighted by molar-refractivity contribution is -0.112. The molecule has 0 saturated heterocycles. The summed E-state index contributed by atoms with van der Waals surface area (Å²) in [5, 5.41) is 12.7. The third-order valence-electron chi connectivity index (χ3n) is 3.35. The Bertz CT molecular complexity index is 1060. The fourth-order valence-electron chi connectivity index (χ4n) is 2.17. The van der Waals surface area contributed by atoms with Crippen molar-refractivity contribution in [3.8, 4) is 6.07 Å². The van der Waals surface area contributed by atoms with E-state index in [1.165, 1.54) is 6.08 Å². The summed E-state index contributed by atoms with van der Waals surface area (Å²) >= 11 is 7.41. The van der Waals surface area contributed by atoms with E-state index >= 15 is 0 Å². The van der Waals surface area contributed by atoms with Crippen molar-refractivity contribution in [3.05, 3.63) is 58.6 Å². The van der Waals surface area contributed by atoms with Crippen molar-refractivity contribution in [2.24, 2.45) is 0 Å². The number of thiazole rings is 1. The fraction of sp³-hybridized carbons (Fsp3) is 0.0556. The molecule has 0 unspecified atom stereocenters. The van der Waals surface area contributed by atoms with Crippen LogP contribution in [0.3, 0.4) is 0 Å². The Morgan fingerprint density at radius 3 is 2.70 bits per heavy atom. The molecule has 1 amide bonds. The van der Waals surface area contributed by atoms with Gasteiger partial charge < -0.3 is 0 Å². The molecule has 0 radical (unpaired) electrons. The first-order valence-corrected chi connectivity index (χ1v) is 9.56. The molecule has 136 valence electrons. The van der Waals surface area contributed by atoms with Crippen molar-refractivity contribution in [1.29, 1.82) is 5.26 Å². The number of rotatable bonds is 5. The zero-order chi connectivity index (χ0) is 19.4. The molecule has 3 aromatic rings. The largest absolute Gasteiger partial charge is 0.297 e. The maximum atomic E-state index is 12.5. The van der Waals surface area contributed by atoms with E-state index in [0.717, 1.165) is 11.3 Å². The zero-order valence-electron chi connectivity index (χ0n) is 13.4. The lowest BCUT2D eigenvalue weighted by Crippen LogP contribution is -2.13.